The zero-order chi connectivity index (χ0) is 34.3. The molecule has 0 bridgehead atoms. The lowest BCUT2D eigenvalue weighted by Crippen LogP contribution is -2.16. The van der Waals surface area contributed by atoms with Crippen molar-refractivity contribution in [2.24, 2.45) is 15.9 Å². The number of hydrogen-bond acceptors (Lipinski definition) is 10. The van der Waals surface area contributed by atoms with Crippen LogP contribution in [0.1, 0.15) is 50.5 Å². The topological polar surface area (TPSA) is 134 Å². The summed E-state index contributed by atoms with van der Waals surface area (Å²) in [6, 6.07) is 7.33. The van der Waals surface area contributed by atoms with E-state index in [1.165, 1.54) is 5.56 Å². The first-order valence-corrected chi connectivity index (χ1v) is 15.3. The fourth-order valence-electron chi connectivity index (χ4n) is 4.03. The molecular formula is C32H42F5N3O7. The lowest BCUT2D eigenvalue weighted by Gasteiger charge is -2.09. The lowest BCUT2D eigenvalue weighted by molar-refractivity contribution is -0.136. The number of phenols is 1. The molecule has 0 aromatic heterocycles. The van der Waals surface area contributed by atoms with Gasteiger partial charge in [-0.05, 0) is 43.4 Å². The molecule has 2 rings (SSSR count). The van der Waals surface area contributed by atoms with Crippen LogP contribution >= 0.6 is 0 Å². The third kappa shape index (κ3) is 16.1. The summed E-state index contributed by atoms with van der Waals surface area (Å²) in [5, 5.41) is 13.1. The molecular weight excluding hydrogens is 633 g/mol. The second-order valence-corrected chi connectivity index (χ2v) is 10.2. The normalized spacial score (nSPS) is 11.9. The third-order valence-electron chi connectivity index (χ3n) is 6.56. The van der Waals surface area contributed by atoms with E-state index in [1.54, 1.807) is 18.3 Å². The molecule has 0 amide bonds. The number of phenolic OH excluding ortho intramolecular Hbond substituents is 1. The van der Waals surface area contributed by atoms with Gasteiger partial charge in [0.25, 0.3) is 0 Å². The van der Waals surface area contributed by atoms with Gasteiger partial charge in [-0.15, -0.1) is 0 Å². The molecule has 3 N–H and O–H groups in total. The molecule has 262 valence electrons. The number of aryl methyl sites for hydroxylation is 1. The zero-order valence-electron chi connectivity index (χ0n) is 26.2. The molecule has 0 fully saturated rings. The Balaban J connectivity index is 1.36. The number of ether oxygens (including phenoxy) is 5. The summed E-state index contributed by atoms with van der Waals surface area (Å²) >= 11 is 0. The van der Waals surface area contributed by atoms with Gasteiger partial charge in [0.05, 0.1) is 71.5 Å². The van der Waals surface area contributed by atoms with Crippen molar-refractivity contribution in [2.75, 3.05) is 59.4 Å². The van der Waals surface area contributed by atoms with E-state index in [0.29, 0.717) is 33.0 Å². The highest BCUT2D eigenvalue weighted by atomic mass is 19.2. The molecule has 15 heteroatoms. The number of rotatable bonds is 25. The van der Waals surface area contributed by atoms with Gasteiger partial charge < -0.3 is 34.6 Å². The Bertz CT molecular complexity index is 1240. The maximum Gasteiger partial charge on any atom is 0.313 e. The minimum atomic E-state index is -2.35. The first-order chi connectivity index (χ1) is 22.7. The van der Waals surface area contributed by atoms with E-state index < -0.39 is 47.2 Å². The summed E-state index contributed by atoms with van der Waals surface area (Å²) in [5.41, 5.74) is 1.98. The molecule has 0 saturated heterocycles. The Kier molecular flexibility index (Phi) is 19.9. The second-order valence-electron chi connectivity index (χ2n) is 10.2. The Hall–Kier alpha value is -3.66. The number of hydrogen-bond donors (Lipinski definition) is 2. The van der Waals surface area contributed by atoms with Gasteiger partial charge in [0.2, 0.25) is 34.8 Å². The Morgan fingerprint density at radius 3 is 1.79 bits per heavy atom. The third-order valence-corrected chi connectivity index (χ3v) is 6.56. The van der Waals surface area contributed by atoms with Crippen LogP contribution in [0.5, 0.6) is 11.5 Å². The Morgan fingerprint density at radius 2 is 1.19 bits per heavy atom. The van der Waals surface area contributed by atoms with Crippen molar-refractivity contribution < 1.29 is 55.5 Å². The molecule has 47 heavy (non-hydrogen) atoms. The van der Waals surface area contributed by atoms with Gasteiger partial charge in [0.1, 0.15) is 5.75 Å². The van der Waals surface area contributed by atoms with E-state index in [4.69, 9.17) is 24.8 Å². The Morgan fingerprint density at radius 1 is 0.681 bits per heavy atom. The molecule has 0 aliphatic heterocycles. The SMILES string of the molecule is N/N=C(\C=NCCOCCOCCOCCOCCC(=O)Oc1c(F)c(F)c(F)c(F)c1F)CCCCCCCc1ccc(O)cc1. The molecule has 0 atom stereocenters. The van der Waals surface area contributed by atoms with Crippen LogP contribution in [0.15, 0.2) is 34.4 Å². The van der Waals surface area contributed by atoms with Gasteiger partial charge in [-0.25, -0.2) is 13.2 Å². The summed E-state index contributed by atoms with van der Waals surface area (Å²) in [5.74, 6) is -8.37. The summed E-state index contributed by atoms with van der Waals surface area (Å²) < 4.78 is 92.0. The quantitative estimate of drug-likeness (QED) is 0.0164. The molecule has 2 aromatic rings. The number of nitrogens with zero attached hydrogens (tertiary/aromatic N) is 2. The van der Waals surface area contributed by atoms with Crippen molar-refractivity contribution in [2.45, 2.75) is 51.4 Å². The molecule has 0 aliphatic carbocycles. The fraction of sp³-hybridized carbons (Fsp3) is 0.531. The van der Waals surface area contributed by atoms with Crippen molar-refractivity contribution in [3.05, 3.63) is 58.9 Å². The molecule has 0 radical (unpaired) electrons. The van der Waals surface area contributed by atoms with Gasteiger partial charge in [0.15, 0.2) is 0 Å². The van der Waals surface area contributed by atoms with E-state index in [-0.39, 0.29) is 32.2 Å². The van der Waals surface area contributed by atoms with Crippen LogP contribution in [0.25, 0.3) is 0 Å². The minimum absolute atomic E-state index is 0.0824. The molecule has 0 saturated carbocycles. The first-order valence-electron chi connectivity index (χ1n) is 15.3. The zero-order valence-corrected chi connectivity index (χ0v) is 26.2. The number of carbonyl (C=O) groups is 1. The number of esters is 1. The van der Waals surface area contributed by atoms with E-state index in [1.807, 2.05) is 12.1 Å². The standard InChI is InChI=1S/C32H42F5N3O7/c33-27-28(34)30(36)32(31(37)29(27)35)47-26(42)12-14-43-16-18-45-20-21-46-19-17-44-15-13-39-22-24(40-38)7-5-3-1-2-4-6-23-8-10-25(41)11-9-23/h8-11,22,41H,1-7,12-21,38H2/b39-22?,40-24-. The van der Waals surface area contributed by atoms with Crippen LogP contribution in [-0.2, 0) is 30.2 Å². The van der Waals surface area contributed by atoms with E-state index in [0.717, 1.165) is 50.7 Å². The number of carbonyl (C=O) groups excluding carboxylic acids is 1. The summed E-state index contributed by atoms with van der Waals surface area (Å²) in [7, 11) is 0. The molecule has 0 aliphatic rings. The summed E-state index contributed by atoms with van der Waals surface area (Å²) in [6.45, 7) is 2.24. The van der Waals surface area contributed by atoms with E-state index >= 15 is 0 Å². The number of benzene rings is 2. The van der Waals surface area contributed by atoms with Crippen LogP contribution in [0.4, 0.5) is 22.0 Å². The lowest BCUT2D eigenvalue weighted by atomic mass is 10.0. The van der Waals surface area contributed by atoms with Crippen LogP contribution in [0.2, 0.25) is 0 Å². The first kappa shape index (κ1) is 39.5. The van der Waals surface area contributed by atoms with Gasteiger partial charge in [0, 0.05) is 6.21 Å². The molecule has 0 heterocycles. The molecule has 0 spiro atoms. The Labute approximate surface area is 270 Å². The van der Waals surface area contributed by atoms with Gasteiger partial charge in [-0.2, -0.15) is 13.9 Å². The highest BCUT2D eigenvalue weighted by Gasteiger charge is 2.28. The summed E-state index contributed by atoms with van der Waals surface area (Å²) in [6.07, 6.45) is 8.44. The maximum atomic E-state index is 13.5. The fourth-order valence-corrected chi connectivity index (χ4v) is 4.03. The van der Waals surface area contributed by atoms with E-state index in [2.05, 4.69) is 14.8 Å². The average Bonchev–Trinajstić information content (AvgIpc) is 3.07. The number of hydrazone groups is 1. The predicted molar refractivity (Wildman–Crippen MR) is 164 cm³/mol. The van der Waals surface area contributed by atoms with Crippen molar-refractivity contribution >= 4 is 17.9 Å². The molecule has 2 aromatic carbocycles. The molecule has 0 unspecified atom stereocenters. The van der Waals surface area contributed by atoms with Crippen LogP contribution in [0.3, 0.4) is 0 Å². The number of unbranched alkanes of at least 4 members (excludes halogenated alkanes) is 4. The largest absolute Gasteiger partial charge is 0.508 e. The molecule has 10 nitrogen and oxygen atoms in total. The minimum Gasteiger partial charge on any atom is -0.508 e. The number of halogens is 5. The number of nitrogens with two attached hydrogens (primary N) is 1. The van der Waals surface area contributed by atoms with Crippen LogP contribution < -0.4 is 10.6 Å². The van der Waals surface area contributed by atoms with Crippen molar-refractivity contribution in [1.29, 1.82) is 0 Å². The summed E-state index contributed by atoms with van der Waals surface area (Å²) in [4.78, 5) is 15.9. The second kappa shape index (κ2) is 23.6. The number of aromatic hydroxyl groups is 1. The van der Waals surface area contributed by atoms with E-state index in [9.17, 15) is 31.9 Å². The van der Waals surface area contributed by atoms with Crippen LogP contribution in [0, 0.1) is 29.1 Å². The van der Waals surface area contributed by atoms with Crippen molar-refractivity contribution in [3.63, 3.8) is 0 Å². The smallest absolute Gasteiger partial charge is 0.313 e. The van der Waals surface area contributed by atoms with Crippen LogP contribution in [-0.4, -0.2) is 82.4 Å². The van der Waals surface area contributed by atoms with Crippen molar-refractivity contribution in [1.82, 2.24) is 0 Å². The highest BCUT2D eigenvalue weighted by Crippen LogP contribution is 2.29. The van der Waals surface area contributed by atoms with Gasteiger partial charge in [-0.1, -0.05) is 31.4 Å². The maximum absolute atomic E-state index is 13.5. The van der Waals surface area contributed by atoms with Crippen molar-refractivity contribution in [3.8, 4) is 11.5 Å². The monoisotopic (exact) mass is 675 g/mol. The average molecular weight is 676 g/mol. The highest BCUT2D eigenvalue weighted by molar-refractivity contribution is 6.30. The predicted octanol–water partition coefficient (Wildman–Crippen LogP) is 5.42. The van der Waals surface area contributed by atoms with Gasteiger partial charge >= 0.3 is 5.97 Å². The van der Waals surface area contributed by atoms with Gasteiger partial charge in [-0.3, -0.25) is 9.79 Å². The number of aliphatic imine (C=N–C) groups is 1.